The van der Waals surface area contributed by atoms with Crippen molar-refractivity contribution < 1.29 is 18.0 Å². The Bertz CT molecular complexity index is 1350. The first kappa shape index (κ1) is 29.2. The van der Waals surface area contributed by atoms with Crippen LogP contribution in [0.2, 0.25) is 5.02 Å². The lowest BCUT2D eigenvalue weighted by atomic mass is 10.0. The lowest BCUT2D eigenvalue weighted by molar-refractivity contribution is -0.140. The molecule has 0 aliphatic carbocycles. The van der Waals surface area contributed by atoms with Crippen molar-refractivity contribution in [2.24, 2.45) is 0 Å². The zero-order chi connectivity index (χ0) is 27.7. The van der Waals surface area contributed by atoms with Gasteiger partial charge >= 0.3 is 0 Å². The minimum atomic E-state index is -3.80. The van der Waals surface area contributed by atoms with Gasteiger partial charge in [0.15, 0.2) is 0 Å². The van der Waals surface area contributed by atoms with E-state index in [2.05, 4.69) is 5.32 Å². The van der Waals surface area contributed by atoms with E-state index < -0.39 is 28.5 Å². The number of halogens is 1. The summed E-state index contributed by atoms with van der Waals surface area (Å²) in [5.41, 5.74) is 2.77. The van der Waals surface area contributed by atoms with Gasteiger partial charge in [-0.1, -0.05) is 79.2 Å². The normalized spacial score (nSPS) is 12.0. The Morgan fingerprint density at radius 1 is 0.974 bits per heavy atom. The Morgan fingerprint density at radius 3 is 2.29 bits per heavy atom. The molecule has 0 saturated carbocycles. The number of nitrogens with one attached hydrogen (secondary N) is 1. The SMILES string of the molecule is CCCNC(=O)[C@@H](Cc1ccccc1)N(Cc1ccccc1Cl)C(=O)CN(c1cccc(C)c1)S(C)(=O)=O. The monoisotopic (exact) mass is 555 g/mol. The third-order valence-electron chi connectivity index (χ3n) is 6.09. The molecular formula is C29H34ClN3O4S. The summed E-state index contributed by atoms with van der Waals surface area (Å²) >= 11 is 6.45. The molecule has 2 amide bonds. The lowest BCUT2D eigenvalue weighted by Gasteiger charge is -2.33. The molecule has 0 bridgehead atoms. The fourth-order valence-electron chi connectivity index (χ4n) is 4.13. The van der Waals surface area contributed by atoms with Gasteiger partial charge < -0.3 is 10.2 Å². The average Bonchev–Trinajstić information content (AvgIpc) is 2.88. The molecule has 0 fully saturated rings. The zero-order valence-corrected chi connectivity index (χ0v) is 23.5. The fraction of sp³-hybridized carbons (Fsp3) is 0.310. The molecule has 38 heavy (non-hydrogen) atoms. The first-order valence-corrected chi connectivity index (χ1v) is 14.7. The van der Waals surface area contributed by atoms with E-state index in [9.17, 15) is 18.0 Å². The summed E-state index contributed by atoms with van der Waals surface area (Å²) in [5, 5.41) is 3.37. The van der Waals surface area contributed by atoms with Crippen LogP contribution in [0, 0.1) is 6.92 Å². The van der Waals surface area contributed by atoms with Crippen LogP contribution in [-0.4, -0.2) is 50.5 Å². The molecule has 0 aliphatic heterocycles. The van der Waals surface area contributed by atoms with Crippen LogP contribution in [-0.2, 0) is 32.6 Å². The fourth-order valence-corrected chi connectivity index (χ4v) is 5.16. The number of nitrogens with zero attached hydrogens (tertiary/aromatic N) is 2. The molecule has 1 atom stereocenters. The van der Waals surface area contributed by atoms with E-state index in [1.54, 1.807) is 36.4 Å². The van der Waals surface area contributed by atoms with Crippen molar-refractivity contribution in [3.8, 4) is 0 Å². The number of hydrogen-bond acceptors (Lipinski definition) is 4. The molecule has 0 aromatic heterocycles. The average molecular weight is 556 g/mol. The Morgan fingerprint density at radius 2 is 1.66 bits per heavy atom. The number of carbonyl (C=O) groups excluding carboxylic acids is 2. The summed E-state index contributed by atoms with van der Waals surface area (Å²) in [6.45, 7) is 3.84. The van der Waals surface area contributed by atoms with Gasteiger partial charge in [-0.05, 0) is 48.2 Å². The van der Waals surface area contributed by atoms with Gasteiger partial charge in [0.05, 0.1) is 11.9 Å². The van der Waals surface area contributed by atoms with Gasteiger partial charge in [0, 0.05) is 24.5 Å². The number of anilines is 1. The highest BCUT2D eigenvalue weighted by Gasteiger charge is 2.33. The largest absolute Gasteiger partial charge is 0.354 e. The van der Waals surface area contributed by atoms with Crippen molar-refractivity contribution >= 4 is 39.1 Å². The standard InChI is InChI=1S/C29H34ClN3O4S/c1-4-17-31-29(35)27(19-23-12-6-5-7-13-23)32(20-24-14-8-9-16-26(24)30)28(34)21-33(38(3,36)37)25-15-10-11-22(2)18-25/h5-16,18,27H,4,17,19-21H2,1-3H3,(H,31,35)/t27-/m1/s1. The summed E-state index contributed by atoms with van der Waals surface area (Å²) in [7, 11) is -3.80. The number of sulfonamides is 1. The molecule has 0 radical (unpaired) electrons. The quantitative estimate of drug-likeness (QED) is 0.354. The van der Waals surface area contributed by atoms with E-state index in [1.165, 1.54) is 4.90 Å². The molecule has 0 heterocycles. The highest BCUT2D eigenvalue weighted by Crippen LogP contribution is 2.23. The molecule has 3 aromatic carbocycles. The highest BCUT2D eigenvalue weighted by molar-refractivity contribution is 7.92. The number of amides is 2. The maximum Gasteiger partial charge on any atom is 0.244 e. The predicted octanol–water partition coefficient (Wildman–Crippen LogP) is 4.58. The van der Waals surface area contributed by atoms with Crippen LogP contribution in [0.1, 0.15) is 30.0 Å². The van der Waals surface area contributed by atoms with Gasteiger partial charge in [-0.3, -0.25) is 13.9 Å². The van der Waals surface area contributed by atoms with Crippen molar-refractivity contribution in [2.75, 3.05) is 23.7 Å². The van der Waals surface area contributed by atoms with Gasteiger partial charge in [-0.15, -0.1) is 0 Å². The second kappa shape index (κ2) is 13.4. The molecule has 3 rings (SSSR count). The summed E-state index contributed by atoms with van der Waals surface area (Å²) in [5.74, 6) is -0.818. The minimum absolute atomic E-state index is 0.0426. The molecule has 0 spiro atoms. The molecule has 7 nitrogen and oxygen atoms in total. The van der Waals surface area contributed by atoms with Gasteiger partial charge in [0.25, 0.3) is 0 Å². The first-order chi connectivity index (χ1) is 18.1. The third kappa shape index (κ3) is 8.07. The van der Waals surface area contributed by atoms with Crippen LogP contribution < -0.4 is 9.62 Å². The zero-order valence-electron chi connectivity index (χ0n) is 21.9. The van der Waals surface area contributed by atoms with Gasteiger partial charge in [0.2, 0.25) is 21.8 Å². The van der Waals surface area contributed by atoms with Crippen LogP contribution in [0.3, 0.4) is 0 Å². The molecule has 3 aromatic rings. The summed E-state index contributed by atoms with van der Waals surface area (Å²) in [4.78, 5) is 28.9. The maximum atomic E-state index is 14.0. The van der Waals surface area contributed by atoms with E-state index in [4.69, 9.17) is 11.6 Å². The van der Waals surface area contributed by atoms with Gasteiger partial charge in [-0.2, -0.15) is 0 Å². The maximum absolute atomic E-state index is 14.0. The van der Waals surface area contributed by atoms with Gasteiger partial charge in [0.1, 0.15) is 12.6 Å². The smallest absolute Gasteiger partial charge is 0.244 e. The van der Waals surface area contributed by atoms with Crippen LogP contribution in [0.25, 0.3) is 0 Å². The lowest BCUT2D eigenvalue weighted by Crippen LogP contribution is -2.53. The Balaban J connectivity index is 2.05. The third-order valence-corrected chi connectivity index (χ3v) is 7.60. The second-order valence-electron chi connectivity index (χ2n) is 9.22. The van der Waals surface area contributed by atoms with Crippen molar-refractivity contribution in [3.05, 3.63) is 101 Å². The molecule has 9 heteroatoms. The highest BCUT2D eigenvalue weighted by atomic mass is 35.5. The molecule has 202 valence electrons. The van der Waals surface area contributed by atoms with Crippen molar-refractivity contribution in [2.45, 2.75) is 39.3 Å². The van der Waals surface area contributed by atoms with Crippen LogP contribution in [0.4, 0.5) is 5.69 Å². The van der Waals surface area contributed by atoms with Crippen molar-refractivity contribution in [1.29, 1.82) is 0 Å². The van der Waals surface area contributed by atoms with E-state index in [1.807, 2.05) is 56.3 Å². The summed E-state index contributed by atoms with van der Waals surface area (Å²) < 4.78 is 26.7. The Hall–Kier alpha value is -3.36. The number of carbonyl (C=O) groups is 2. The molecule has 0 aliphatic rings. The number of rotatable bonds is 12. The van der Waals surface area contributed by atoms with Crippen LogP contribution in [0.5, 0.6) is 0 Å². The van der Waals surface area contributed by atoms with E-state index in [0.29, 0.717) is 22.8 Å². The molecule has 1 N–H and O–H groups in total. The summed E-state index contributed by atoms with van der Waals surface area (Å²) in [6, 6.07) is 22.6. The molecular weight excluding hydrogens is 522 g/mol. The van der Waals surface area contributed by atoms with Crippen LogP contribution >= 0.6 is 11.6 Å². The Kier molecular flexibility index (Phi) is 10.3. The van der Waals surface area contributed by atoms with E-state index in [0.717, 1.165) is 28.1 Å². The van der Waals surface area contributed by atoms with E-state index in [-0.39, 0.29) is 18.9 Å². The molecule has 0 unspecified atom stereocenters. The number of aryl methyl sites for hydroxylation is 1. The minimum Gasteiger partial charge on any atom is -0.354 e. The Labute approximate surface area is 230 Å². The second-order valence-corrected chi connectivity index (χ2v) is 11.5. The van der Waals surface area contributed by atoms with E-state index >= 15 is 0 Å². The first-order valence-electron chi connectivity index (χ1n) is 12.5. The summed E-state index contributed by atoms with van der Waals surface area (Å²) in [6.07, 6.45) is 2.06. The van der Waals surface area contributed by atoms with Crippen molar-refractivity contribution in [1.82, 2.24) is 10.2 Å². The number of benzene rings is 3. The predicted molar refractivity (Wildman–Crippen MR) is 153 cm³/mol. The van der Waals surface area contributed by atoms with Gasteiger partial charge in [-0.25, -0.2) is 8.42 Å². The van der Waals surface area contributed by atoms with Crippen molar-refractivity contribution in [3.63, 3.8) is 0 Å². The topological polar surface area (TPSA) is 86.8 Å². The van der Waals surface area contributed by atoms with Crippen LogP contribution in [0.15, 0.2) is 78.9 Å². The number of hydrogen-bond donors (Lipinski definition) is 1. The molecule has 0 saturated heterocycles.